The van der Waals surface area contributed by atoms with Crippen LogP contribution < -0.4 is 15.5 Å². The van der Waals surface area contributed by atoms with Crippen molar-refractivity contribution in [3.63, 3.8) is 0 Å². The molecule has 0 unspecified atom stereocenters. The predicted octanol–water partition coefficient (Wildman–Crippen LogP) is 2.14. The molecule has 1 saturated carbocycles. The number of hydrogen-bond donors (Lipinski definition) is 3. The van der Waals surface area contributed by atoms with E-state index in [-0.39, 0.29) is 24.0 Å². The Kier molecular flexibility index (Phi) is 7.74. The van der Waals surface area contributed by atoms with Gasteiger partial charge in [0.1, 0.15) is 5.82 Å². The summed E-state index contributed by atoms with van der Waals surface area (Å²) in [6.07, 6.45) is 6.83. The fourth-order valence-corrected chi connectivity index (χ4v) is 3.28. The number of guanidine groups is 1. The number of aliphatic imine (C=N–C) groups is 1. The van der Waals surface area contributed by atoms with Crippen molar-refractivity contribution in [2.24, 2.45) is 4.99 Å². The number of aliphatic hydroxyl groups is 1. The number of nitrogens with one attached hydrogen (secondary N) is 2. The maximum Gasteiger partial charge on any atom is 0.191 e. The van der Waals surface area contributed by atoms with Gasteiger partial charge in [-0.15, -0.1) is 24.0 Å². The Morgan fingerprint density at radius 3 is 2.68 bits per heavy atom. The molecule has 1 aromatic heterocycles. The van der Waals surface area contributed by atoms with E-state index in [1.54, 1.807) is 0 Å². The summed E-state index contributed by atoms with van der Waals surface area (Å²) in [5, 5.41) is 17.0. The van der Waals surface area contributed by atoms with Crippen LogP contribution in [0.4, 0.5) is 5.82 Å². The number of nitrogens with zero attached hydrogens (tertiary/aromatic N) is 3. The molecule has 6 nitrogen and oxygen atoms in total. The average molecular weight is 459 g/mol. The van der Waals surface area contributed by atoms with Gasteiger partial charge in [0, 0.05) is 31.9 Å². The second-order valence-corrected chi connectivity index (χ2v) is 6.87. The summed E-state index contributed by atoms with van der Waals surface area (Å²) >= 11 is 0. The topological polar surface area (TPSA) is 72.8 Å². The molecule has 2 fully saturated rings. The molecule has 1 saturated heterocycles. The lowest BCUT2D eigenvalue weighted by molar-refractivity contribution is -0.0236. The minimum Gasteiger partial charge on any atom is -0.388 e. The Bertz CT molecular complexity index is 542. The van der Waals surface area contributed by atoms with Crippen molar-refractivity contribution in [2.45, 2.75) is 50.7 Å². The van der Waals surface area contributed by atoms with E-state index in [0.29, 0.717) is 12.6 Å². The van der Waals surface area contributed by atoms with Gasteiger partial charge < -0.3 is 20.6 Å². The highest BCUT2D eigenvalue weighted by Crippen LogP contribution is 2.31. The van der Waals surface area contributed by atoms with E-state index < -0.39 is 5.60 Å². The fraction of sp³-hybridized carbons (Fsp3) is 0.667. The maximum atomic E-state index is 10.2. The van der Waals surface area contributed by atoms with Crippen LogP contribution in [0.15, 0.2) is 29.4 Å². The fourth-order valence-electron chi connectivity index (χ4n) is 3.28. The Morgan fingerprint density at radius 2 is 2.12 bits per heavy atom. The predicted molar refractivity (Wildman–Crippen MR) is 113 cm³/mol. The zero-order chi connectivity index (χ0) is 16.8. The van der Waals surface area contributed by atoms with Gasteiger partial charge in [-0.3, -0.25) is 4.99 Å². The Hall–Kier alpha value is -1.09. The molecule has 0 aromatic carbocycles. The Morgan fingerprint density at radius 1 is 1.36 bits per heavy atom. The third-order valence-corrected chi connectivity index (χ3v) is 4.97. The number of pyridine rings is 1. The Labute approximate surface area is 167 Å². The zero-order valence-electron chi connectivity index (χ0n) is 14.9. The monoisotopic (exact) mass is 459 g/mol. The third-order valence-electron chi connectivity index (χ3n) is 4.97. The van der Waals surface area contributed by atoms with Gasteiger partial charge in [-0.1, -0.05) is 6.07 Å². The minimum absolute atomic E-state index is 0. The first-order valence-corrected chi connectivity index (χ1v) is 9.12. The van der Waals surface area contributed by atoms with Gasteiger partial charge in [0.05, 0.1) is 12.1 Å². The van der Waals surface area contributed by atoms with E-state index in [9.17, 15) is 5.11 Å². The molecule has 140 valence electrons. The molecule has 0 amide bonds. The van der Waals surface area contributed by atoms with Crippen LogP contribution in [-0.2, 0) is 0 Å². The standard InChI is InChI=1S/C18H29N5O.HI/c1-2-19-17(21-14-18(24)9-5-10-18)22-15-7-12-23(13-8-15)16-6-3-4-11-20-16;/h3-4,6,11,15,24H,2,5,7-10,12-14H2,1H3,(H2,19,21,22);1H. The molecule has 0 atom stereocenters. The van der Waals surface area contributed by atoms with Crippen molar-refractivity contribution < 1.29 is 5.11 Å². The van der Waals surface area contributed by atoms with Gasteiger partial charge in [0.25, 0.3) is 0 Å². The summed E-state index contributed by atoms with van der Waals surface area (Å²) < 4.78 is 0. The third kappa shape index (κ3) is 5.70. The molecule has 7 heteroatoms. The summed E-state index contributed by atoms with van der Waals surface area (Å²) in [7, 11) is 0. The summed E-state index contributed by atoms with van der Waals surface area (Å²) in [6, 6.07) is 6.47. The molecule has 3 rings (SSSR count). The van der Waals surface area contributed by atoms with E-state index in [0.717, 1.165) is 63.5 Å². The van der Waals surface area contributed by atoms with Crippen molar-refractivity contribution >= 4 is 35.8 Å². The first-order chi connectivity index (χ1) is 11.7. The van der Waals surface area contributed by atoms with Crippen LogP contribution in [0.25, 0.3) is 0 Å². The van der Waals surface area contributed by atoms with E-state index in [4.69, 9.17) is 0 Å². The number of rotatable bonds is 5. The molecule has 0 radical (unpaired) electrons. The summed E-state index contributed by atoms with van der Waals surface area (Å²) in [5.41, 5.74) is -0.565. The molecule has 1 aliphatic carbocycles. The second kappa shape index (κ2) is 9.56. The smallest absolute Gasteiger partial charge is 0.191 e. The van der Waals surface area contributed by atoms with Gasteiger partial charge in [0.15, 0.2) is 5.96 Å². The first-order valence-electron chi connectivity index (χ1n) is 9.12. The summed E-state index contributed by atoms with van der Waals surface area (Å²) in [4.78, 5) is 11.4. The number of aromatic nitrogens is 1. The molecular weight excluding hydrogens is 429 g/mol. The Balaban J connectivity index is 0.00000225. The van der Waals surface area contributed by atoms with Gasteiger partial charge in [0.2, 0.25) is 0 Å². The lowest BCUT2D eigenvalue weighted by Gasteiger charge is -2.36. The average Bonchev–Trinajstić information content (AvgIpc) is 2.60. The lowest BCUT2D eigenvalue weighted by atomic mass is 9.80. The van der Waals surface area contributed by atoms with Crippen LogP contribution >= 0.6 is 24.0 Å². The maximum absolute atomic E-state index is 10.2. The van der Waals surface area contributed by atoms with Crippen molar-refractivity contribution in [3.8, 4) is 0 Å². The van der Waals surface area contributed by atoms with Crippen LogP contribution in [-0.4, -0.2) is 53.9 Å². The minimum atomic E-state index is -0.565. The van der Waals surface area contributed by atoms with Gasteiger partial charge in [-0.2, -0.15) is 0 Å². The lowest BCUT2D eigenvalue weighted by Crippen LogP contribution is -2.49. The van der Waals surface area contributed by atoms with Crippen LogP contribution in [0.2, 0.25) is 0 Å². The van der Waals surface area contributed by atoms with Crippen LogP contribution in [0.5, 0.6) is 0 Å². The highest BCUT2D eigenvalue weighted by molar-refractivity contribution is 14.0. The molecule has 3 N–H and O–H groups in total. The van der Waals surface area contributed by atoms with Crippen LogP contribution in [0, 0.1) is 0 Å². The largest absolute Gasteiger partial charge is 0.388 e. The highest BCUT2D eigenvalue weighted by Gasteiger charge is 2.34. The van der Waals surface area contributed by atoms with Crippen LogP contribution in [0.3, 0.4) is 0 Å². The molecule has 25 heavy (non-hydrogen) atoms. The zero-order valence-corrected chi connectivity index (χ0v) is 17.3. The molecule has 1 aromatic rings. The molecule has 1 aliphatic heterocycles. The highest BCUT2D eigenvalue weighted by atomic mass is 127. The van der Waals surface area contributed by atoms with E-state index in [1.165, 1.54) is 0 Å². The molecule has 0 bridgehead atoms. The van der Waals surface area contributed by atoms with Gasteiger partial charge in [-0.25, -0.2) is 4.98 Å². The number of piperidine rings is 1. The van der Waals surface area contributed by atoms with E-state index in [2.05, 4.69) is 38.5 Å². The quantitative estimate of drug-likeness (QED) is 0.358. The van der Waals surface area contributed by atoms with Crippen molar-refractivity contribution in [1.82, 2.24) is 15.6 Å². The van der Waals surface area contributed by atoms with Gasteiger partial charge in [-0.05, 0) is 51.2 Å². The molecule has 2 heterocycles. The second-order valence-electron chi connectivity index (χ2n) is 6.87. The normalized spacial score (nSPS) is 20.4. The van der Waals surface area contributed by atoms with Crippen molar-refractivity contribution in [3.05, 3.63) is 24.4 Å². The van der Waals surface area contributed by atoms with Crippen molar-refractivity contribution in [1.29, 1.82) is 0 Å². The summed E-state index contributed by atoms with van der Waals surface area (Å²) in [6.45, 7) is 5.39. The first kappa shape index (κ1) is 20.2. The number of hydrogen-bond acceptors (Lipinski definition) is 4. The van der Waals surface area contributed by atoms with Crippen molar-refractivity contribution in [2.75, 3.05) is 31.1 Å². The van der Waals surface area contributed by atoms with E-state index >= 15 is 0 Å². The number of halogens is 1. The van der Waals surface area contributed by atoms with Crippen LogP contribution in [0.1, 0.15) is 39.0 Å². The van der Waals surface area contributed by atoms with Gasteiger partial charge >= 0.3 is 0 Å². The van der Waals surface area contributed by atoms with E-state index in [1.807, 2.05) is 18.3 Å². The molecule has 2 aliphatic rings. The molecular formula is C18H30IN5O. The summed E-state index contributed by atoms with van der Waals surface area (Å²) in [5.74, 6) is 1.89. The number of anilines is 1. The SMILES string of the molecule is CCNC(=NCC1(O)CCC1)NC1CCN(c2ccccn2)CC1.I. The molecule has 0 spiro atoms.